The lowest BCUT2D eigenvalue weighted by atomic mass is 10.2. The van der Waals surface area contributed by atoms with E-state index in [9.17, 15) is 8.42 Å². The molecule has 0 aliphatic carbocycles. The van der Waals surface area contributed by atoms with E-state index in [-0.39, 0.29) is 11.5 Å². The first kappa shape index (κ1) is 15.3. The molecule has 1 aliphatic rings. The van der Waals surface area contributed by atoms with Gasteiger partial charge in [0, 0.05) is 25.3 Å². The molecule has 0 radical (unpaired) electrons. The standard InChI is InChI=1S/C14H23N3O2S/c1-3-6-15-11-13-4-5-14(16-12(13)2)17-7-9-20(18,19)10-8-17/h4-5,15H,3,6-11H2,1-2H3. The van der Waals surface area contributed by atoms with E-state index in [0.29, 0.717) is 13.1 Å². The second-order valence-corrected chi connectivity index (χ2v) is 7.53. The van der Waals surface area contributed by atoms with Crippen molar-refractivity contribution in [3.05, 3.63) is 23.4 Å². The second kappa shape index (κ2) is 6.54. The monoisotopic (exact) mass is 297 g/mol. The number of nitrogens with zero attached hydrogens (tertiary/aromatic N) is 2. The summed E-state index contributed by atoms with van der Waals surface area (Å²) in [5, 5.41) is 3.37. The van der Waals surface area contributed by atoms with E-state index in [0.717, 1.165) is 31.0 Å². The van der Waals surface area contributed by atoms with Crippen LogP contribution in [0.3, 0.4) is 0 Å². The van der Waals surface area contributed by atoms with Gasteiger partial charge in [0.25, 0.3) is 0 Å². The number of aromatic nitrogens is 1. The second-order valence-electron chi connectivity index (χ2n) is 5.23. The molecule has 0 bridgehead atoms. The molecular weight excluding hydrogens is 274 g/mol. The number of pyridine rings is 1. The number of rotatable bonds is 5. The van der Waals surface area contributed by atoms with Crippen LogP contribution in [0.5, 0.6) is 0 Å². The molecule has 0 atom stereocenters. The third kappa shape index (κ3) is 3.93. The van der Waals surface area contributed by atoms with Crippen molar-refractivity contribution in [1.82, 2.24) is 10.3 Å². The van der Waals surface area contributed by atoms with Gasteiger partial charge < -0.3 is 10.2 Å². The Morgan fingerprint density at radius 1 is 1.30 bits per heavy atom. The van der Waals surface area contributed by atoms with Gasteiger partial charge in [-0.15, -0.1) is 0 Å². The van der Waals surface area contributed by atoms with E-state index >= 15 is 0 Å². The Labute approximate surface area is 121 Å². The first-order valence-electron chi connectivity index (χ1n) is 7.14. The molecule has 0 amide bonds. The molecule has 0 unspecified atom stereocenters. The molecule has 0 spiro atoms. The Hall–Kier alpha value is -1.14. The predicted molar refractivity (Wildman–Crippen MR) is 81.8 cm³/mol. The van der Waals surface area contributed by atoms with Crippen molar-refractivity contribution in [2.24, 2.45) is 0 Å². The number of hydrogen-bond acceptors (Lipinski definition) is 5. The van der Waals surface area contributed by atoms with Crippen LogP contribution < -0.4 is 10.2 Å². The zero-order valence-electron chi connectivity index (χ0n) is 12.2. The fraction of sp³-hybridized carbons (Fsp3) is 0.643. The zero-order chi connectivity index (χ0) is 14.6. The average Bonchev–Trinajstić information content (AvgIpc) is 2.41. The Morgan fingerprint density at radius 2 is 2.00 bits per heavy atom. The smallest absolute Gasteiger partial charge is 0.153 e. The maximum Gasteiger partial charge on any atom is 0.153 e. The summed E-state index contributed by atoms with van der Waals surface area (Å²) in [6.07, 6.45) is 1.12. The summed E-state index contributed by atoms with van der Waals surface area (Å²) in [6, 6.07) is 4.08. The van der Waals surface area contributed by atoms with Crippen LogP contribution in [0.1, 0.15) is 24.6 Å². The van der Waals surface area contributed by atoms with Crippen molar-refractivity contribution < 1.29 is 8.42 Å². The molecule has 0 aromatic carbocycles. The van der Waals surface area contributed by atoms with Crippen LogP contribution in [-0.4, -0.2) is 44.5 Å². The summed E-state index contributed by atoms with van der Waals surface area (Å²) in [6.45, 7) is 7.08. The Kier molecular flexibility index (Phi) is 4.99. The minimum absolute atomic E-state index is 0.230. The highest BCUT2D eigenvalue weighted by Crippen LogP contribution is 2.17. The van der Waals surface area contributed by atoms with Gasteiger partial charge in [-0.1, -0.05) is 13.0 Å². The molecule has 1 aromatic heterocycles. The summed E-state index contributed by atoms with van der Waals surface area (Å²) >= 11 is 0. The highest BCUT2D eigenvalue weighted by molar-refractivity contribution is 7.91. The van der Waals surface area contributed by atoms with Gasteiger partial charge >= 0.3 is 0 Å². The molecule has 1 N–H and O–H groups in total. The van der Waals surface area contributed by atoms with Gasteiger partial charge in [-0.2, -0.15) is 0 Å². The van der Waals surface area contributed by atoms with Gasteiger partial charge in [-0.05, 0) is 31.5 Å². The highest BCUT2D eigenvalue weighted by Gasteiger charge is 2.22. The SMILES string of the molecule is CCCNCc1ccc(N2CCS(=O)(=O)CC2)nc1C. The highest BCUT2D eigenvalue weighted by atomic mass is 32.2. The molecule has 1 aromatic rings. The Bertz CT molecular complexity index is 544. The van der Waals surface area contributed by atoms with E-state index in [2.05, 4.69) is 28.2 Å². The third-order valence-corrected chi connectivity index (χ3v) is 5.20. The lowest BCUT2D eigenvalue weighted by molar-refractivity contribution is 0.586. The van der Waals surface area contributed by atoms with Gasteiger partial charge in [0.05, 0.1) is 11.5 Å². The van der Waals surface area contributed by atoms with E-state index < -0.39 is 9.84 Å². The van der Waals surface area contributed by atoms with Crippen molar-refractivity contribution in [2.75, 3.05) is 36.0 Å². The quantitative estimate of drug-likeness (QED) is 0.825. The maximum atomic E-state index is 11.4. The van der Waals surface area contributed by atoms with Gasteiger partial charge in [-0.3, -0.25) is 0 Å². The molecular formula is C14H23N3O2S. The molecule has 1 aliphatic heterocycles. The van der Waals surface area contributed by atoms with Gasteiger partial charge in [0.1, 0.15) is 5.82 Å². The van der Waals surface area contributed by atoms with Crippen LogP contribution in [0.4, 0.5) is 5.82 Å². The number of hydrogen-bond donors (Lipinski definition) is 1. The van der Waals surface area contributed by atoms with Gasteiger partial charge in [0.15, 0.2) is 9.84 Å². The lowest BCUT2D eigenvalue weighted by Gasteiger charge is -2.28. The van der Waals surface area contributed by atoms with Gasteiger partial charge in [-0.25, -0.2) is 13.4 Å². The van der Waals surface area contributed by atoms with Crippen molar-refractivity contribution in [1.29, 1.82) is 0 Å². The number of sulfone groups is 1. The summed E-state index contributed by atoms with van der Waals surface area (Å²) in [5.74, 6) is 1.35. The molecule has 6 heteroatoms. The van der Waals surface area contributed by atoms with E-state index in [1.165, 1.54) is 5.56 Å². The van der Waals surface area contributed by atoms with Crippen LogP contribution >= 0.6 is 0 Å². The van der Waals surface area contributed by atoms with E-state index in [1.54, 1.807) is 0 Å². The van der Waals surface area contributed by atoms with E-state index in [1.807, 2.05) is 13.0 Å². The fourth-order valence-corrected chi connectivity index (χ4v) is 3.48. The van der Waals surface area contributed by atoms with Crippen LogP contribution in [0.15, 0.2) is 12.1 Å². The molecule has 0 saturated carbocycles. The summed E-state index contributed by atoms with van der Waals surface area (Å²) < 4.78 is 22.9. The Morgan fingerprint density at radius 3 is 2.60 bits per heavy atom. The van der Waals surface area contributed by atoms with Gasteiger partial charge in [0.2, 0.25) is 0 Å². The first-order valence-corrected chi connectivity index (χ1v) is 8.96. The summed E-state index contributed by atoms with van der Waals surface area (Å²) in [5.41, 5.74) is 2.21. The fourth-order valence-electron chi connectivity index (χ4n) is 2.28. The minimum Gasteiger partial charge on any atom is -0.355 e. The minimum atomic E-state index is -2.84. The molecule has 1 fully saturated rings. The molecule has 2 rings (SSSR count). The van der Waals surface area contributed by atoms with Crippen molar-refractivity contribution in [2.45, 2.75) is 26.8 Å². The summed E-state index contributed by atoms with van der Waals surface area (Å²) in [7, 11) is -2.84. The average molecular weight is 297 g/mol. The van der Waals surface area contributed by atoms with Crippen molar-refractivity contribution >= 4 is 15.7 Å². The Balaban J connectivity index is 2.02. The topological polar surface area (TPSA) is 62.3 Å². The van der Waals surface area contributed by atoms with Crippen LogP contribution in [-0.2, 0) is 16.4 Å². The molecule has 112 valence electrons. The first-order chi connectivity index (χ1) is 9.52. The van der Waals surface area contributed by atoms with Crippen molar-refractivity contribution in [3.8, 4) is 0 Å². The van der Waals surface area contributed by atoms with Crippen LogP contribution in [0, 0.1) is 6.92 Å². The van der Waals surface area contributed by atoms with Crippen molar-refractivity contribution in [3.63, 3.8) is 0 Å². The van der Waals surface area contributed by atoms with Crippen LogP contribution in [0.25, 0.3) is 0 Å². The summed E-state index contributed by atoms with van der Waals surface area (Å²) in [4.78, 5) is 6.67. The number of anilines is 1. The lowest BCUT2D eigenvalue weighted by Crippen LogP contribution is -2.40. The maximum absolute atomic E-state index is 11.4. The number of aryl methyl sites for hydroxylation is 1. The normalized spacial score (nSPS) is 18.2. The zero-order valence-corrected chi connectivity index (χ0v) is 13.0. The largest absolute Gasteiger partial charge is 0.355 e. The predicted octanol–water partition coefficient (Wildman–Crippen LogP) is 1.12. The molecule has 20 heavy (non-hydrogen) atoms. The third-order valence-electron chi connectivity index (χ3n) is 3.59. The van der Waals surface area contributed by atoms with E-state index in [4.69, 9.17) is 0 Å². The molecule has 1 saturated heterocycles. The number of nitrogens with one attached hydrogen (secondary N) is 1. The van der Waals surface area contributed by atoms with Crippen LogP contribution in [0.2, 0.25) is 0 Å². The molecule has 5 nitrogen and oxygen atoms in total. The molecule has 2 heterocycles.